The van der Waals surface area contributed by atoms with Gasteiger partial charge in [0.1, 0.15) is 6.54 Å². The monoisotopic (exact) mass is 465 g/mol. The topological polar surface area (TPSA) is 80.8 Å². The largest absolute Gasteiger partial charge is 0.456 e. The van der Waals surface area contributed by atoms with Gasteiger partial charge in [-0.3, -0.25) is 24.1 Å². The predicted octanol–water partition coefficient (Wildman–Crippen LogP) is 3.61. The minimum Gasteiger partial charge on any atom is -0.456 e. The highest BCUT2D eigenvalue weighted by Crippen LogP contribution is 2.60. The molecule has 0 spiro atoms. The predicted molar refractivity (Wildman–Crippen MR) is 127 cm³/mol. The number of benzene rings is 3. The van der Waals surface area contributed by atoms with Crippen LogP contribution in [0.1, 0.15) is 50.0 Å². The quantitative estimate of drug-likeness (QED) is 0.327. The Morgan fingerprint density at radius 3 is 1.66 bits per heavy atom. The average Bonchev–Trinajstić information content (AvgIpc) is 3.13. The number of aryl methyl sites for hydroxylation is 1. The molecule has 2 bridgehead atoms. The molecule has 1 saturated heterocycles. The minimum atomic E-state index is -0.770. The van der Waals surface area contributed by atoms with Crippen LogP contribution in [0, 0.1) is 18.8 Å². The first-order valence-corrected chi connectivity index (χ1v) is 11.7. The molecule has 2 unspecified atom stereocenters. The summed E-state index contributed by atoms with van der Waals surface area (Å²) in [6.07, 6.45) is 0. The molecule has 0 aromatic heterocycles. The number of rotatable bonds is 5. The number of esters is 1. The van der Waals surface area contributed by atoms with Crippen LogP contribution < -0.4 is 0 Å². The lowest BCUT2D eigenvalue weighted by molar-refractivity contribution is -0.152. The summed E-state index contributed by atoms with van der Waals surface area (Å²) in [6.45, 7) is 0.990. The summed E-state index contributed by atoms with van der Waals surface area (Å²) in [4.78, 5) is 53.0. The van der Waals surface area contributed by atoms with E-state index in [1.54, 1.807) is 12.1 Å². The van der Waals surface area contributed by atoms with Gasteiger partial charge < -0.3 is 4.74 Å². The van der Waals surface area contributed by atoms with Crippen LogP contribution in [0.25, 0.3) is 0 Å². The number of carbonyl (C=O) groups is 4. The summed E-state index contributed by atoms with van der Waals surface area (Å²) in [7, 11) is 0. The van der Waals surface area contributed by atoms with Gasteiger partial charge in [-0.2, -0.15) is 0 Å². The molecule has 1 fully saturated rings. The van der Waals surface area contributed by atoms with E-state index in [1.807, 2.05) is 67.6 Å². The minimum absolute atomic E-state index is 0.224. The lowest BCUT2D eigenvalue weighted by Crippen LogP contribution is -2.41. The van der Waals surface area contributed by atoms with Gasteiger partial charge in [0.15, 0.2) is 12.4 Å². The molecule has 1 aliphatic heterocycles. The van der Waals surface area contributed by atoms with Gasteiger partial charge in [0.25, 0.3) is 0 Å². The Hall–Kier alpha value is -4.06. The van der Waals surface area contributed by atoms with Crippen molar-refractivity contribution in [3.8, 4) is 0 Å². The molecule has 7 rings (SSSR count). The Bertz CT molecular complexity index is 1280. The molecule has 0 N–H and O–H groups in total. The lowest BCUT2D eigenvalue weighted by Gasteiger charge is -2.45. The number of carbonyl (C=O) groups excluding carboxylic acids is 4. The maximum absolute atomic E-state index is 13.5. The second kappa shape index (κ2) is 8.01. The number of Topliss-reactive ketones (excluding diaryl/α,β-unsaturated/α-hetero) is 1. The third kappa shape index (κ3) is 3.24. The van der Waals surface area contributed by atoms with E-state index >= 15 is 0 Å². The Labute approximate surface area is 202 Å². The molecule has 3 aliphatic carbocycles. The molecule has 174 valence electrons. The van der Waals surface area contributed by atoms with E-state index in [2.05, 4.69) is 0 Å². The average molecular weight is 466 g/mol. The number of ketones is 1. The second-order valence-corrected chi connectivity index (χ2v) is 9.48. The van der Waals surface area contributed by atoms with Crippen molar-refractivity contribution in [2.45, 2.75) is 18.8 Å². The Morgan fingerprint density at radius 2 is 1.20 bits per heavy atom. The summed E-state index contributed by atoms with van der Waals surface area (Å²) in [5.74, 6) is -3.33. The van der Waals surface area contributed by atoms with Gasteiger partial charge in [-0.15, -0.1) is 0 Å². The van der Waals surface area contributed by atoms with Crippen molar-refractivity contribution >= 4 is 23.6 Å². The molecule has 6 nitrogen and oxygen atoms in total. The summed E-state index contributed by atoms with van der Waals surface area (Å²) in [5, 5.41) is 0. The van der Waals surface area contributed by atoms with Gasteiger partial charge in [-0.25, -0.2) is 0 Å². The molecule has 0 saturated carbocycles. The number of hydrogen-bond donors (Lipinski definition) is 0. The van der Waals surface area contributed by atoms with Crippen LogP contribution in [0.15, 0.2) is 72.8 Å². The number of imide groups is 1. The third-order valence-electron chi connectivity index (χ3n) is 7.56. The van der Waals surface area contributed by atoms with Crippen molar-refractivity contribution < 1.29 is 23.9 Å². The van der Waals surface area contributed by atoms with Crippen LogP contribution in [-0.2, 0) is 19.1 Å². The van der Waals surface area contributed by atoms with E-state index in [1.165, 1.54) is 0 Å². The SMILES string of the molecule is Cc1ccc(C(=O)COC(=O)CN2C(=O)C3C4c5ccccc5C(c5ccccc54)C3C2=O)cc1. The Balaban J connectivity index is 1.23. The van der Waals surface area contributed by atoms with E-state index in [-0.39, 0.29) is 29.4 Å². The van der Waals surface area contributed by atoms with Crippen LogP contribution in [0.5, 0.6) is 0 Å². The zero-order valence-electron chi connectivity index (χ0n) is 19.1. The number of hydrogen-bond acceptors (Lipinski definition) is 5. The molecular weight excluding hydrogens is 442 g/mol. The van der Waals surface area contributed by atoms with Crippen LogP contribution >= 0.6 is 0 Å². The van der Waals surface area contributed by atoms with Crippen LogP contribution in [0.4, 0.5) is 0 Å². The van der Waals surface area contributed by atoms with E-state index in [4.69, 9.17) is 4.74 Å². The highest BCUT2D eigenvalue weighted by Gasteiger charge is 2.61. The zero-order valence-corrected chi connectivity index (χ0v) is 19.1. The molecule has 2 atom stereocenters. The molecule has 3 aromatic carbocycles. The highest BCUT2D eigenvalue weighted by molar-refractivity contribution is 6.09. The summed E-state index contributed by atoms with van der Waals surface area (Å²) in [6, 6.07) is 22.9. The van der Waals surface area contributed by atoms with Crippen LogP contribution in [0.3, 0.4) is 0 Å². The molecule has 4 aliphatic rings. The molecule has 6 heteroatoms. The van der Waals surface area contributed by atoms with E-state index in [0.29, 0.717) is 5.56 Å². The van der Waals surface area contributed by atoms with E-state index in [0.717, 1.165) is 32.7 Å². The van der Waals surface area contributed by atoms with Gasteiger partial charge in [0.05, 0.1) is 11.8 Å². The van der Waals surface area contributed by atoms with Crippen molar-refractivity contribution in [1.82, 2.24) is 4.90 Å². The van der Waals surface area contributed by atoms with Crippen molar-refractivity contribution in [3.05, 3.63) is 106 Å². The van der Waals surface area contributed by atoms with Gasteiger partial charge in [-0.1, -0.05) is 78.4 Å². The third-order valence-corrected chi connectivity index (χ3v) is 7.56. The van der Waals surface area contributed by atoms with Crippen molar-refractivity contribution in [3.63, 3.8) is 0 Å². The first kappa shape index (κ1) is 21.5. The normalized spacial score (nSPS) is 23.5. The lowest BCUT2D eigenvalue weighted by atomic mass is 9.55. The Morgan fingerprint density at radius 1 is 0.743 bits per heavy atom. The second-order valence-electron chi connectivity index (χ2n) is 9.48. The van der Waals surface area contributed by atoms with E-state index in [9.17, 15) is 19.2 Å². The van der Waals surface area contributed by atoms with Gasteiger partial charge in [0, 0.05) is 17.4 Å². The molecule has 0 radical (unpaired) electrons. The smallest absolute Gasteiger partial charge is 0.326 e. The maximum Gasteiger partial charge on any atom is 0.326 e. The fourth-order valence-corrected chi connectivity index (χ4v) is 6.04. The van der Waals surface area contributed by atoms with Gasteiger partial charge >= 0.3 is 5.97 Å². The first-order valence-electron chi connectivity index (χ1n) is 11.7. The Kier molecular flexibility index (Phi) is 4.92. The highest BCUT2D eigenvalue weighted by atomic mass is 16.5. The number of amides is 2. The summed E-state index contributed by atoms with van der Waals surface area (Å²) < 4.78 is 5.16. The van der Waals surface area contributed by atoms with E-state index < -0.39 is 31.0 Å². The van der Waals surface area contributed by atoms with Crippen LogP contribution in [-0.4, -0.2) is 41.6 Å². The zero-order chi connectivity index (χ0) is 24.3. The number of ether oxygens (including phenoxy) is 1. The fourth-order valence-electron chi connectivity index (χ4n) is 6.04. The standard InChI is InChI=1S/C29H23NO5/c1-16-10-12-17(13-11-16)22(31)15-35-23(32)14-30-28(33)26-24-18-6-2-3-7-19(18)25(27(26)29(30)34)21-9-5-4-8-20(21)24/h2-13,24-27H,14-15H2,1H3. The van der Waals surface area contributed by atoms with Crippen molar-refractivity contribution in [2.24, 2.45) is 11.8 Å². The molecule has 1 heterocycles. The van der Waals surface area contributed by atoms with Gasteiger partial charge in [0.2, 0.25) is 11.8 Å². The van der Waals surface area contributed by atoms with Crippen molar-refractivity contribution in [2.75, 3.05) is 13.2 Å². The number of likely N-dealkylation sites (tertiary alicyclic amines) is 1. The first-order chi connectivity index (χ1) is 17.0. The van der Waals surface area contributed by atoms with Crippen molar-refractivity contribution in [1.29, 1.82) is 0 Å². The molecule has 2 amide bonds. The molecule has 3 aromatic rings. The van der Waals surface area contributed by atoms with Crippen LogP contribution in [0.2, 0.25) is 0 Å². The maximum atomic E-state index is 13.5. The summed E-state index contributed by atoms with van der Waals surface area (Å²) >= 11 is 0. The van der Waals surface area contributed by atoms with Gasteiger partial charge in [-0.05, 0) is 29.2 Å². The fraction of sp³-hybridized carbons (Fsp3) is 0.241. The molecular formula is C29H23NO5. The molecule has 35 heavy (non-hydrogen) atoms. The number of nitrogens with zero attached hydrogens (tertiary/aromatic N) is 1. The summed E-state index contributed by atoms with van der Waals surface area (Å²) in [5.41, 5.74) is 5.76.